The Hall–Kier alpha value is -1.96. The highest BCUT2D eigenvalue weighted by Crippen LogP contribution is 2.21. The Labute approximate surface area is 176 Å². The number of hydrogen-bond donors (Lipinski definition) is 1. The highest BCUT2D eigenvalue weighted by atomic mass is 35.5. The van der Waals surface area contributed by atoms with E-state index in [4.69, 9.17) is 20.9 Å². The average Bonchev–Trinajstić information content (AvgIpc) is 3.17. The predicted octanol–water partition coefficient (Wildman–Crippen LogP) is 3.53. The van der Waals surface area contributed by atoms with Gasteiger partial charge in [0.1, 0.15) is 0 Å². The van der Waals surface area contributed by atoms with E-state index in [0.29, 0.717) is 36.4 Å². The van der Waals surface area contributed by atoms with Crippen molar-refractivity contribution in [3.63, 3.8) is 0 Å². The number of carbonyl (C=O) groups excluding carboxylic acids is 1. The summed E-state index contributed by atoms with van der Waals surface area (Å²) in [5.74, 6) is 1.37. The molecule has 0 aliphatic carbocycles. The van der Waals surface area contributed by atoms with E-state index in [-0.39, 0.29) is 17.9 Å². The molecule has 2 heterocycles. The van der Waals surface area contributed by atoms with Crippen LogP contribution in [0.25, 0.3) is 11.4 Å². The third kappa shape index (κ3) is 6.80. The minimum atomic E-state index is 0.0737. The Kier molecular flexibility index (Phi) is 8.03. The number of likely N-dealkylation sites (tertiary alicyclic amines) is 1. The maximum Gasteiger partial charge on any atom is 0.241 e. The zero-order valence-corrected chi connectivity index (χ0v) is 17.8. The summed E-state index contributed by atoms with van der Waals surface area (Å²) in [5, 5.41) is 7.76. The van der Waals surface area contributed by atoms with Crippen LogP contribution in [0, 0.1) is 5.92 Å². The van der Waals surface area contributed by atoms with E-state index in [1.54, 1.807) is 12.1 Å². The van der Waals surface area contributed by atoms with Crippen molar-refractivity contribution in [2.24, 2.45) is 5.92 Å². The number of aromatic nitrogens is 2. The van der Waals surface area contributed by atoms with Gasteiger partial charge in [-0.15, -0.1) is 0 Å². The maximum absolute atomic E-state index is 12.3. The number of rotatable bonds is 9. The fraction of sp³-hybridized carbons (Fsp3) is 0.571. The fourth-order valence-corrected chi connectivity index (χ4v) is 3.45. The first kappa shape index (κ1) is 21.7. The molecular formula is C21H29ClN4O3. The summed E-state index contributed by atoms with van der Waals surface area (Å²) >= 11 is 5.92. The second-order valence-corrected chi connectivity index (χ2v) is 8.07. The average molecular weight is 421 g/mol. The van der Waals surface area contributed by atoms with Crippen LogP contribution in [0.15, 0.2) is 28.8 Å². The van der Waals surface area contributed by atoms with Gasteiger partial charge in [-0.05, 0) is 70.5 Å². The molecule has 158 valence electrons. The van der Waals surface area contributed by atoms with Crippen molar-refractivity contribution in [3.05, 3.63) is 35.2 Å². The third-order valence-corrected chi connectivity index (χ3v) is 5.21. The standard InChI is InChI=1S/C21H29ClN4O3/c1-15(2)28-13-3-10-23-21(27)17-8-11-26(12-9-17)14-19-24-20(25-29-19)16-4-6-18(22)7-5-16/h4-7,15,17H,3,8-14H2,1-2H3,(H,23,27). The summed E-state index contributed by atoms with van der Waals surface area (Å²) < 4.78 is 10.9. The number of benzene rings is 1. The van der Waals surface area contributed by atoms with Gasteiger partial charge in [0.05, 0.1) is 12.6 Å². The van der Waals surface area contributed by atoms with E-state index in [0.717, 1.165) is 37.9 Å². The Balaban J connectivity index is 1.39. The highest BCUT2D eigenvalue weighted by Gasteiger charge is 2.25. The van der Waals surface area contributed by atoms with Gasteiger partial charge in [-0.1, -0.05) is 16.8 Å². The fourth-order valence-electron chi connectivity index (χ4n) is 3.33. The van der Waals surface area contributed by atoms with Crippen LogP contribution in [0.4, 0.5) is 0 Å². The lowest BCUT2D eigenvalue weighted by atomic mass is 9.96. The summed E-state index contributed by atoms with van der Waals surface area (Å²) in [7, 11) is 0. The lowest BCUT2D eigenvalue weighted by molar-refractivity contribution is -0.126. The van der Waals surface area contributed by atoms with Gasteiger partial charge >= 0.3 is 0 Å². The third-order valence-electron chi connectivity index (χ3n) is 4.96. The number of halogens is 1. The topological polar surface area (TPSA) is 80.5 Å². The van der Waals surface area contributed by atoms with Gasteiger partial charge in [0, 0.05) is 29.7 Å². The van der Waals surface area contributed by atoms with Crippen LogP contribution in [0.5, 0.6) is 0 Å². The van der Waals surface area contributed by atoms with Gasteiger partial charge in [-0.3, -0.25) is 9.69 Å². The van der Waals surface area contributed by atoms with Crippen molar-refractivity contribution in [3.8, 4) is 11.4 Å². The minimum Gasteiger partial charge on any atom is -0.379 e. The van der Waals surface area contributed by atoms with Crippen LogP contribution in [0.3, 0.4) is 0 Å². The first-order chi connectivity index (χ1) is 14.0. The SMILES string of the molecule is CC(C)OCCCNC(=O)C1CCN(Cc2nc(-c3ccc(Cl)cc3)no2)CC1. The molecular weight excluding hydrogens is 392 g/mol. The molecule has 0 saturated carbocycles. The van der Waals surface area contributed by atoms with E-state index in [1.165, 1.54) is 0 Å². The van der Waals surface area contributed by atoms with Crippen LogP contribution in [-0.4, -0.2) is 53.3 Å². The molecule has 0 spiro atoms. The molecule has 1 N–H and O–H groups in total. The van der Waals surface area contributed by atoms with E-state index in [2.05, 4.69) is 20.4 Å². The smallest absolute Gasteiger partial charge is 0.241 e. The summed E-state index contributed by atoms with van der Waals surface area (Å²) in [6.45, 7) is 7.65. The molecule has 1 aliphatic rings. The molecule has 0 atom stereocenters. The van der Waals surface area contributed by atoms with E-state index >= 15 is 0 Å². The van der Waals surface area contributed by atoms with Crippen LogP contribution >= 0.6 is 11.6 Å². The second kappa shape index (κ2) is 10.7. The van der Waals surface area contributed by atoms with Crippen molar-refractivity contribution in [2.75, 3.05) is 26.2 Å². The molecule has 0 unspecified atom stereocenters. The Morgan fingerprint density at radius 1 is 1.31 bits per heavy atom. The van der Waals surface area contributed by atoms with E-state index < -0.39 is 0 Å². The van der Waals surface area contributed by atoms with Gasteiger partial charge in [0.15, 0.2) is 0 Å². The molecule has 1 aromatic carbocycles. The van der Waals surface area contributed by atoms with Gasteiger partial charge in [0.2, 0.25) is 17.6 Å². The Bertz CT molecular complexity index is 770. The van der Waals surface area contributed by atoms with Crippen molar-refractivity contribution in [1.82, 2.24) is 20.4 Å². The molecule has 1 saturated heterocycles. The molecule has 1 aromatic heterocycles. The van der Waals surface area contributed by atoms with Crippen LogP contribution in [0.2, 0.25) is 5.02 Å². The molecule has 1 fully saturated rings. The first-order valence-electron chi connectivity index (χ1n) is 10.2. The largest absolute Gasteiger partial charge is 0.379 e. The van der Waals surface area contributed by atoms with E-state index in [1.807, 2.05) is 26.0 Å². The molecule has 3 rings (SSSR count). The van der Waals surface area contributed by atoms with Gasteiger partial charge in [0.25, 0.3) is 0 Å². The summed E-state index contributed by atoms with van der Waals surface area (Å²) in [5.41, 5.74) is 0.874. The Morgan fingerprint density at radius 2 is 2.03 bits per heavy atom. The van der Waals surface area contributed by atoms with Gasteiger partial charge in [-0.25, -0.2) is 0 Å². The first-order valence-corrected chi connectivity index (χ1v) is 10.6. The van der Waals surface area contributed by atoms with Crippen molar-refractivity contribution in [1.29, 1.82) is 0 Å². The molecule has 0 bridgehead atoms. The number of ether oxygens (including phenoxy) is 1. The molecule has 1 amide bonds. The molecule has 8 heteroatoms. The highest BCUT2D eigenvalue weighted by molar-refractivity contribution is 6.30. The molecule has 29 heavy (non-hydrogen) atoms. The Morgan fingerprint density at radius 3 is 2.72 bits per heavy atom. The zero-order chi connectivity index (χ0) is 20.6. The lowest BCUT2D eigenvalue weighted by Crippen LogP contribution is -2.40. The lowest BCUT2D eigenvalue weighted by Gasteiger charge is -2.30. The normalized spacial score (nSPS) is 15.7. The zero-order valence-electron chi connectivity index (χ0n) is 17.1. The second-order valence-electron chi connectivity index (χ2n) is 7.63. The molecule has 7 nitrogen and oxygen atoms in total. The summed E-state index contributed by atoms with van der Waals surface area (Å²) in [6.07, 6.45) is 2.76. The monoisotopic (exact) mass is 420 g/mol. The van der Waals surface area contributed by atoms with Crippen molar-refractivity contribution >= 4 is 17.5 Å². The predicted molar refractivity (Wildman–Crippen MR) is 111 cm³/mol. The number of nitrogens with one attached hydrogen (secondary N) is 1. The van der Waals surface area contributed by atoms with Crippen LogP contribution < -0.4 is 5.32 Å². The number of hydrogen-bond acceptors (Lipinski definition) is 6. The molecule has 2 aromatic rings. The number of carbonyl (C=O) groups is 1. The maximum atomic E-state index is 12.3. The van der Waals surface area contributed by atoms with Crippen molar-refractivity contribution in [2.45, 2.75) is 45.8 Å². The number of piperidine rings is 1. The van der Waals surface area contributed by atoms with Gasteiger partial charge in [-0.2, -0.15) is 4.98 Å². The van der Waals surface area contributed by atoms with Crippen LogP contribution in [-0.2, 0) is 16.1 Å². The van der Waals surface area contributed by atoms with E-state index in [9.17, 15) is 4.79 Å². The minimum absolute atomic E-state index is 0.0737. The quantitative estimate of drug-likeness (QED) is 0.625. The summed E-state index contributed by atoms with van der Waals surface area (Å²) in [6, 6.07) is 7.35. The van der Waals surface area contributed by atoms with Crippen LogP contribution in [0.1, 0.15) is 39.0 Å². The number of nitrogens with zero attached hydrogens (tertiary/aromatic N) is 3. The van der Waals surface area contributed by atoms with Crippen molar-refractivity contribution < 1.29 is 14.1 Å². The number of amides is 1. The molecule has 0 radical (unpaired) electrons. The van der Waals surface area contributed by atoms with Gasteiger partial charge < -0.3 is 14.6 Å². The summed E-state index contributed by atoms with van der Waals surface area (Å²) in [4.78, 5) is 19.0. The molecule has 1 aliphatic heterocycles.